The number of carbonyl (C=O) groups is 1. The Morgan fingerprint density at radius 3 is 1.50 bits per heavy atom. The van der Waals surface area contributed by atoms with E-state index in [0.717, 1.165) is 44.0 Å². The number of carbonyl (C=O) groups excluding carboxylic acids is 1. The Hall–Kier alpha value is -1.20. The average molecular weight is 439 g/mol. The van der Waals surface area contributed by atoms with Crippen molar-refractivity contribution >= 4 is 16.4 Å². The Kier molecular flexibility index (Phi) is 15.6. The van der Waals surface area contributed by atoms with E-state index in [9.17, 15) is 13.2 Å². The molecule has 5 heteroatoms. The number of benzene rings is 1. The third kappa shape index (κ3) is 13.9. The summed E-state index contributed by atoms with van der Waals surface area (Å²) in [4.78, 5) is 10.5. The molecule has 0 fully saturated rings. The fraction of sp³-hybridized carbons (Fsp3) is 0.720. The molecular formula is C25H42O4S. The molecule has 30 heavy (non-hydrogen) atoms. The van der Waals surface area contributed by atoms with Crippen LogP contribution in [0.2, 0.25) is 0 Å². The molecule has 4 nitrogen and oxygen atoms in total. The highest BCUT2D eigenvalue weighted by Crippen LogP contribution is 2.15. The average Bonchev–Trinajstić information content (AvgIpc) is 2.73. The van der Waals surface area contributed by atoms with Gasteiger partial charge < -0.3 is 4.79 Å². The van der Waals surface area contributed by atoms with Crippen LogP contribution in [0, 0.1) is 6.92 Å². The van der Waals surface area contributed by atoms with Gasteiger partial charge in [-0.3, -0.25) is 4.18 Å². The van der Waals surface area contributed by atoms with Gasteiger partial charge in [-0.25, -0.2) is 0 Å². The molecule has 0 saturated carbocycles. The van der Waals surface area contributed by atoms with Crippen molar-refractivity contribution in [2.24, 2.45) is 0 Å². The van der Waals surface area contributed by atoms with Crippen LogP contribution in [0.25, 0.3) is 0 Å². The van der Waals surface area contributed by atoms with Gasteiger partial charge in [0.1, 0.15) is 6.29 Å². The van der Waals surface area contributed by atoms with Gasteiger partial charge in [0.25, 0.3) is 10.1 Å². The van der Waals surface area contributed by atoms with Crippen LogP contribution in [-0.2, 0) is 19.1 Å². The molecule has 172 valence electrons. The molecular weight excluding hydrogens is 396 g/mol. The molecule has 1 aromatic rings. The Bertz CT molecular complexity index is 638. The van der Waals surface area contributed by atoms with Gasteiger partial charge in [-0.2, -0.15) is 8.42 Å². The highest BCUT2D eigenvalue weighted by atomic mass is 32.2. The monoisotopic (exact) mass is 438 g/mol. The summed E-state index contributed by atoms with van der Waals surface area (Å²) >= 11 is 0. The number of unbranched alkanes of at least 4 members (excludes halogenated alkanes) is 15. The van der Waals surface area contributed by atoms with E-state index in [-0.39, 0.29) is 11.5 Å². The van der Waals surface area contributed by atoms with E-state index in [4.69, 9.17) is 4.18 Å². The second kappa shape index (κ2) is 17.5. The van der Waals surface area contributed by atoms with Crippen LogP contribution in [0.5, 0.6) is 0 Å². The topological polar surface area (TPSA) is 60.4 Å². The van der Waals surface area contributed by atoms with E-state index in [1.807, 2.05) is 6.92 Å². The molecule has 0 spiro atoms. The lowest BCUT2D eigenvalue weighted by atomic mass is 10.0. The molecule has 0 saturated heterocycles. The number of rotatable bonds is 20. The molecule has 0 N–H and O–H groups in total. The quantitative estimate of drug-likeness (QED) is 0.123. The van der Waals surface area contributed by atoms with E-state index >= 15 is 0 Å². The number of aryl methyl sites for hydroxylation is 1. The molecule has 0 radical (unpaired) electrons. The molecule has 0 aliphatic rings. The van der Waals surface area contributed by atoms with Crippen LogP contribution in [0.15, 0.2) is 29.2 Å². The first-order chi connectivity index (χ1) is 14.6. The van der Waals surface area contributed by atoms with Crippen molar-refractivity contribution in [2.75, 3.05) is 6.61 Å². The predicted molar refractivity (Wildman–Crippen MR) is 124 cm³/mol. The van der Waals surface area contributed by atoms with Crippen LogP contribution in [0.1, 0.15) is 108 Å². The Balaban J connectivity index is 1.84. The normalized spacial score (nSPS) is 11.6. The second-order valence-corrected chi connectivity index (χ2v) is 9.96. The first-order valence-corrected chi connectivity index (χ1v) is 13.4. The molecule has 0 unspecified atom stereocenters. The summed E-state index contributed by atoms with van der Waals surface area (Å²) in [5, 5.41) is 0. The van der Waals surface area contributed by atoms with E-state index in [1.54, 1.807) is 24.3 Å². The van der Waals surface area contributed by atoms with Crippen LogP contribution >= 0.6 is 0 Å². The molecule has 0 aliphatic heterocycles. The molecule has 0 heterocycles. The Morgan fingerprint density at radius 1 is 0.667 bits per heavy atom. The van der Waals surface area contributed by atoms with E-state index < -0.39 is 10.1 Å². The highest BCUT2D eigenvalue weighted by Gasteiger charge is 2.14. The Labute approximate surface area is 184 Å². The van der Waals surface area contributed by atoms with Crippen molar-refractivity contribution in [3.05, 3.63) is 29.8 Å². The maximum atomic E-state index is 12.1. The van der Waals surface area contributed by atoms with Crippen molar-refractivity contribution in [2.45, 2.75) is 115 Å². The predicted octanol–water partition coefficient (Wildman–Crippen LogP) is 7.14. The van der Waals surface area contributed by atoms with Crippen molar-refractivity contribution in [1.29, 1.82) is 0 Å². The lowest BCUT2D eigenvalue weighted by molar-refractivity contribution is -0.107. The molecule has 0 aliphatic carbocycles. The first kappa shape index (κ1) is 26.8. The minimum atomic E-state index is -3.61. The summed E-state index contributed by atoms with van der Waals surface area (Å²) in [7, 11) is -3.61. The summed E-state index contributed by atoms with van der Waals surface area (Å²) in [6, 6.07) is 6.78. The maximum absolute atomic E-state index is 12.1. The highest BCUT2D eigenvalue weighted by molar-refractivity contribution is 7.86. The van der Waals surface area contributed by atoms with E-state index in [0.29, 0.717) is 0 Å². The minimum absolute atomic E-state index is 0.239. The molecule has 0 bridgehead atoms. The molecule has 1 rings (SSSR count). The standard InChI is InChI=1S/C25H42O4S/c1-24-18-20-25(21-19-24)30(27,28)29-23-17-15-13-11-9-7-5-3-2-4-6-8-10-12-14-16-22-26/h18-22H,2-17,23H2,1H3. The third-order valence-electron chi connectivity index (χ3n) is 5.51. The van der Waals surface area contributed by atoms with Crippen molar-refractivity contribution in [1.82, 2.24) is 0 Å². The van der Waals surface area contributed by atoms with E-state index in [2.05, 4.69) is 0 Å². The van der Waals surface area contributed by atoms with Crippen LogP contribution < -0.4 is 0 Å². The van der Waals surface area contributed by atoms with Gasteiger partial charge in [0.15, 0.2) is 0 Å². The summed E-state index contributed by atoms with van der Waals surface area (Å²) in [5.74, 6) is 0. The molecule has 0 aromatic heterocycles. The van der Waals surface area contributed by atoms with Gasteiger partial charge in [0.2, 0.25) is 0 Å². The van der Waals surface area contributed by atoms with E-state index in [1.165, 1.54) is 70.6 Å². The number of aldehydes is 1. The van der Waals surface area contributed by atoms with Crippen molar-refractivity contribution in [3.8, 4) is 0 Å². The minimum Gasteiger partial charge on any atom is -0.303 e. The lowest BCUT2D eigenvalue weighted by Crippen LogP contribution is -2.07. The lowest BCUT2D eigenvalue weighted by Gasteiger charge is -2.06. The van der Waals surface area contributed by atoms with Crippen molar-refractivity contribution < 1.29 is 17.4 Å². The van der Waals surface area contributed by atoms with Crippen LogP contribution in [-0.4, -0.2) is 21.3 Å². The van der Waals surface area contributed by atoms with Gasteiger partial charge in [0.05, 0.1) is 11.5 Å². The fourth-order valence-electron chi connectivity index (χ4n) is 3.57. The second-order valence-electron chi connectivity index (χ2n) is 8.35. The summed E-state index contributed by atoms with van der Waals surface area (Å²) in [6.07, 6.45) is 20.1. The third-order valence-corrected chi connectivity index (χ3v) is 6.84. The van der Waals surface area contributed by atoms with Gasteiger partial charge in [-0.15, -0.1) is 0 Å². The SMILES string of the molecule is Cc1ccc(S(=O)(=O)OCCCCCCCCCCCCCCCCCC=O)cc1. The van der Waals surface area contributed by atoms with Gasteiger partial charge in [-0.1, -0.05) is 101 Å². The van der Waals surface area contributed by atoms with Gasteiger partial charge >= 0.3 is 0 Å². The smallest absolute Gasteiger partial charge is 0.296 e. The molecule has 1 aromatic carbocycles. The van der Waals surface area contributed by atoms with Crippen molar-refractivity contribution in [3.63, 3.8) is 0 Å². The summed E-state index contributed by atoms with van der Waals surface area (Å²) in [5.41, 5.74) is 1.03. The van der Waals surface area contributed by atoms with Gasteiger partial charge in [0, 0.05) is 6.42 Å². The number of hydrogen-bond acceptors (Lipinski definition) is 4. The zero-order chi connectivity index (χ0) is 21.9. The zero-order valence-electron chi connectivity index (χ0n) is 18.9. The fourth-order valence-corrected chi connectivity index (χ4v) is 4.51. The van der Waals surface area contributed by atoms with Gasteiger partial charge in [-0.05, 0) is 31.9 Å². The van der Waals surface area contributed by atoms with Crippen LogP contribution in [0.3, 0.4) is 0 Å². The number of hydrogen-bond donors (Lipinski definition) is 0. The maximum Gasteiger partial charge on any atom is 0.296 e. The molecule has 0 amide bonds. The first-order valence-electron chi connectivity index (χ1n) is 12.0. The Morgan fingerprint density at radius 2 is 1.07 bits per heavy atom. The molecule has 0 atom stereocenters. The van der Waals surface area contributed by atoms with Crippen LogP contribution in [0.4, 0.5) is 0 Å². The summed E-state index contributed by atoms with van der Waals surface area (Å²) < 4.78 is 29.3. The summed E-state index contributed by atoms with van der Waals surface area (Å²) in [6.45, 7) is 2.20. The largest absolute Gasteiger partial charge is 0.303 e. The zero-order valence-corrected chi connectivity index (χ0v) is 19.8.